The molecule has 96 valence electrons. The van der Waals surface area contributed by atoms with Crippen molar-refractivity contribution in [1.29, 1.82) is 0 Å². The van der Waals surface area contributed by atoms with Crippen LogP contribution in [0.1, 0.15) is 33.3 Å². The minimum absolute atomic E-state index is 0.311. The number of aliphatic imine (C=N–C) groups is 1. The molecule has 0 unspecified atom stereocenters. The van der Waals surface area contributed by atoms with Gasteiger partial charge in [-0.25, -0.2) is 0 Å². The Morgan fingerprint density at radius 1 is 1.06 bits per heavy atom. The van der Waals surface area contributed by atoms with Crippen molar-refractivity contribution in [3.8, 4) is 0 Å². The highest BCUT2D eigenvalue weighted by molar-refractivity contribution is 6.63. The van der Waals surface area contributed by atoms with E-state index in [0.29, 0.717) is 0 Å². The minimum atomic E-state index is -0.329. The molecule has 0 N–H and O–H groups in total. The minimum Gasteiger partial charge on any atom is -0.399 e. The van der Waals surface area contributed by atoms with E-state index in [0.717, 1.165) is 11.0 Å². The van der Waals surface area contributed by atoms with Crippen LogP contribution in [0, 0.1) is 0 Å². The number of benzene rings is 1. The molecule has 0 spiro atoms. The Kier molecular flexibility index (Phi) is 3.34. The first-order chi connectivity index (χ1) is 8.37. The molecule has 0 radical (unpaired) electrons. The van der Waals surface area contributed by atoms with E-state index in [1.54, 1.807) is 7.05 Å². The van der Waals surface area contributed by atoms with Crippen molar-refractivity contribution < 1.29 is 9.31 Å². The molecule has 0 atom stereocenters. The van der Waals surface area contributed by atoms with Crippen LogP contribution in [-0.4, -0.2) is 31.6 Å². The molecular weight excluding hydrogens is 225 g/mol. The van der Waals surface area contributed by atoms with E-state index in [1.165, 1.54) is 0 Å². The third kappa shape index (κ3) is 2.23. The molecule has 0 saturated carbocycles. The smallest absolute Gasteiger partial charge is 0.399 e. The SMILES string of the molecule is CN=Cc1ccccc1B1OC(C)(C)C(C)(C)O1. The highest BCUT2D eigenvalue weighted by Gasteiger charge is 2.52. The topological polar surface area (TPSA) is 30.8 Å². The zero-order valence-corrected chi connectivity index (χ0v) is 11.7. The summed E-state index contributed by atoms with van der Waals surface area (Å²) in [6.07, 6.45) is 1.83. The maximum absolute atomic E-state index is 6.05. The first-order valence-corrected chi connectivity index (χ1v) is 6.24. The molecule has 0 bridgehead atoms. The van der Waals surface area contributed by atoms with Gasteiger partial charge < -0.3 is 9.31 Å². The predicted molar refractivity (Wildman–Crippen MR) is 75.7 cm³/mol. The molecule has 1 aliphatic heterocycles. The Balaban J connectivity index is 2.35. The van der Waals surface area contributed by atoms with Gasteiger partial charge in [-0.05, 0) is 38.7 Å². The molecule has 18 heavy (non-hydrogen) atoms. The third-order valence-electron chi connectivity index (χ3n) is 3.77. The zero-order chi connectivity index (χ0) is 13.4. The quantitative estimate of drug-likeness (QED) is 0.589. The van der Waals surface area contributed by atoms with E-state index in [-0.39, 0.29) is 18.3 Å². The van der Waals surface area contributed by atoms with Crippen molar-refractivity contribution in [2.75, 3.05) is 7.05 Å². The standard InChI is InChI=1S/C14H20BNO2/c1-13(2)14(3,4)18-15(17-13)12-9-7-6-8-11(12)10-16-5/h6-10H,1-5H3. The number of hydrogen-bond donors (Lipinski definition) is 0. The largest absolute Gasteiger partial charge is 0.495 e. The predicted octanol–water partition coefficient (Wildman–Crippen LogP) is 2.03. The van der Waals surface area contributed by atoms with Crippen molar-refractivity contribution in [3.05, 3.63) is 29.8 Å². The fraction of sp³-hybridized carbons (Fsp3) is 0.500. The Bertz CT molecular complexity index is 453. The number of nitrogens with zero attached hydrogens (tertiary/aromatic N) is 1. The highest BCUT2D eigenvalue weighted by Crippen LogP contribution is 2.36. The number of hydrogen-bond acceptors (Lipinski definition) is 3. The second-order valence-corrected chi connectivity index (χ2v) is 5.60. The summed E-state index contributed by atoms with van der Waals surface area (Å²) >= 11 is 0. The lowest BCUT2D eigenvalue weighted by Gasteiger charge is -2.32. The van der Waals surface area contributed by atoms with Gasteiger partial charge in [0.1, 0.15) is 0 Å². The Morgan fingerprint density at radius 2 is 1.61 bits per heavy atom. The first kappa shape index (κ1) is 13.3. The van der Waals surface area contributed by atoms with E-state index >= 15 is 0 Å². The van der Waals surface area contributed by atoms with Gasteiger partial charge in [0.25, 0.3) is 0 Å². The van der Waals surface area contributed by atoms with Crippen LogP contribution in [0.3, 0.4) is 0 Å². The van der Waals surface area contributed by atoms with Gasteiger partial charge in [0.2, 0.25) is 0 Å². The van der Waals surface area contributed by atoms with Gasteiger partial charge in [-0.1, -0.05) is 24.3 Å². The van der Waals surface area contributed by atoms with Crippen LogP contribution in [0.4, 0.5) is 0 Å². The maximum Gasteiger partial charge on any atom is 0.495 e. The summed E-state index contributed by atoms with van der Waals surface area (Å²) < 4.78 is 12.1. The van der Waals surface area contributed by atoms with Gasteiger partial charge in [0, 0.05) is 13.3 Å². The van der Waals surface area contributed by atoms with E-state index in [2.05, 4.69) is 32.7 Å². The van der Waals surface area contributed by atoms with Crippen LogP contribution in [0.15, 0.2) is 29.3 Å². The van der Waals surface area contributed by atoms with Crippen LogP contribution in [0.2, 0.25) is 0 Å². The molecule has 1 aromatic carbocycles. The van der Waals surface area contributed by atoms with Crippen LogP contribution >= 0.6 is 0 Å². The normalized spacial score (nSPS) is 21.7. The van der Waals surface area contributed by atoms with E-state index in [1.807, 2.05) is 30.5 Å². The summed E-state index contributed by atoms with van der Waals surface area (Å²) in [5, 5.41) is 0. The monoisotopic (exact) mass is 245 g/mol. The van der Waals surface area contributed by atoms with Crippen molar-refractivity contribution in [3.63, 3.8) is 0 Å². The molecule has 3 nitrogen and oxygen atoms in total. The van der Waals surface area contributed by atoms with Gasteiger partial charge >= 0.3 is 7.12 Å². The first-order valence-electron chi connectivity index (χ1n) is 6.24. The van der Waals surface area contributed by atoms with Crippen molar-refractivity contribution in [2.45, 2.75) is 38.9 Å². The Labute approximate surface area is 109 Å². The Hall–Kier alpha value is -1.13. The van der Waals surface area contributed by atoms with Crippen LogP contribution in [0.5, 0.6) is 0 Å². The van der Waals surface area contributed by atoms with E-state index in [9.17, 15) is 0 Å². The highest BCUT2D eigenvalue weighted by atomic mass is 16.7. The lowest BCUT2D eigenvalue weighted by atomic mass is 9.76. The summed E-state index contributed by atoms with van der Waals surface area (Å²) in [5.74, 6) is 0. The summed E-state index contributed by atoms with van der Waals surface area (Å²) in [6.45, 7) is 8.24. The van der Waals surface area contributed by atoms with Crippen molar-refractivity contribution in [2.24, 2.45) is 4.99 Å². The fourth-order valence-electron chi connectivity index (χ4n) is 1.95. The lowest BCUT2D eigenvalue weighted by molar-refractivity contribution is 0.00578. The van der Waals surface area contributed by atoms with Crippen LogP contribution in [0.25, 0.3) is 0 Å². The van der Waals surface area contributed by atoms with E-state index < -0.39 is 0 Å². The second-order valence-electron chi connectivity index (χ2n) is 5.60. The van der Waals surface area contributed by atoms with Gasteiger partial charge in [-0.15, -0.1) is 0 Å². The summed E-state index contributed by atoms with van der Waals surface area (Å²) in [7, 11) is 1.44. The molecular formula is C14H20BNO2. The molecule has 0 amide bonds. The Morgan fingerprint density at radius 3 is 2.17 bits per heavy atom. The average Bonchev–Trinajstić information content (AvgIpc) is 2.49. The third-order valence-corrected chi connectivity index (χ3v) is 3.77. The molecule has 1 fully saturated rings. The van der Waals surface area contributed by atoms with Gasteiger partial charge in [-0.3, -0.25) is 4.99 Å². The second kappa shape index (κ2) is 4.52. The van der Waals surface area contributed by atoms with Crippen LogP contribution < -0.4 is 5.46 Å². The lowest BCUT2D eigenvalue weighted by Crippen LogP contribution is -2.41. The molecule has 1 saturated heterocycles. The van der Waals surface area contributed by atoms with Gasteiger partial charge in [0.15, 0.2) is 0 Å². The molecule has 4 heteroatoms. The fourth-order valence-corrected chi connectivity index (χ4v) is 1.95. The molecule has 2 rings (SSSR count). The summed E-state index contributed by atoms with van der Waals surface area (Å²) in [4.78, 5) is 4.07. The van der Waals surface area contributed by atoms with Gasteiger partial charge in [-0.2, -0.15) is 0 Å². The van der Waals surface area contributed by atoms with Gasteiger partial charge in [0.05, 0.1) is 11.2 Å². The van der Waals surface area contributed by atoms with Crippen LogP contribution in [-0.2, 0) is 9.31 Å². The summed E-state index contributed by atoms with van der Waals surface area (Å²) in [6, 6.07) is 8.03. The molecule has 0 aromatic heterocycles. The maximum atomic E-state index is 6.05. The van der Waals surface area contributed by atoms with E-state index in [4.69, 9.17) is 9.31 Å². The summed E-state index contributed by atoms with van der Waals surface area (Å²) in [5.41, 5.74) is 1.45. The molecule has 1 heterocycles. The molecule has 1 aromatic rings. The molecule has 0 aliphatic carbocycles. The molecule has 1 aliphatic rings. The average molecular weight is 245 g/mol. The van der Waals surface area contributed by atoms with Crippen molar-refractivity contribution >= 4 is 18.8 Å². The number of rotatable bonds is 2. The zero-order valence-electron chi connectivity index (χ0n) is 11.7. The van der Waals surface area contributed by atoms with Crippen molar-refractivity contribution in [1.82, 2.24) is 0 Å².